The first kappa shape index (κ1) is 19.5. The van der Waals surface area contributed by atoms with Crippen LogP contribution in [-0.2, 0) is 4.79 Å². The van der Waals surface area contributed by atoms with Crippen molar-refractivity contribution >= 4 is 28.9 Å². The van der Waals surface area contributed by atoms with Gasteiger partial charge in [-0.25, -0.2) is 0 Å². The first-order valence-electron chi connectivity index (χ1n) is 8.70. The van der Waals surface area contributed by atoms with E-state index >= 15 is 0 Å². The highest BCUT2D eigenvalue weighted by molar-refractivity contribution is 7.80. The molecule has 0 bridgehead atoms. The molecule has 136 valence electrons. The Bertz CT molecular complexity index is 643. The van der Waals surface area contributed by atoms with Gasteiger partial charge in [-0.2, -0.15) is 0 Å². The van der Waals surface area contributed by atoms with Crippen LogP contribution in [0.1, 0.15) is 55.5 Å². The maximum Gasteiger partial charge on any atom is 0.223 e. The quantitative estimate of drug-likeness (QED) is 0.599. The molecule has 1 heterocycles. The third-order valence-corrected chi connectivity index (χ3v) is 5.00. The minimum atomic E-state index is -0.342. The van der Waals surface area contributed by atoms with E-state index in [2.05, 4.69) is 13.8 Å². The molecule has 0 spiro atoms. The molecule has 1 aromatic rings. The third-order valence-electron chi connectivity index (χ3n) is 4.76. The summed E-state index contributed by atoms with van der Waals surface area (Å²) in [6.45, 7) is 4.66. The molecule has 6 heteroatoms. The zero-order valence-corrected chi connectivity index (χ0v) is 15.6. The van der Waals surface area contributed by atoms with Crippen molar-refractivity contribution < 1.29 is 14.7 Å². The third kappa shape index (κ3) is 5.09. The number of aliphatic hydroxyl groups excluding tert-OH is 1. The number of nitrogens with two attached hydrogens (primary N) is 1. The van der Waals surface area contributed by atoms with Crippen molar-refractivity contribution in [1.82, 2.24) is 4.90 Å². The number of thiocarbonyl (C=S) groups is 1. The fraction of sp³-hybridized carbons (Fsp3) is 0.526. The van der Waals surface area contributed by atoms with E-state index in [1.807, 2.05) is 4.90 Å². The molecule has 25 heavy (non-hydrogen) atoms. The standard InChI is InChI=1S/C19H26N2O3S/c1-12(2)16-11-15(22)9-10-21(16)18(24)8-7-17(23)13-3-5-14(6-4-13)19(20)25/h3-6,12,15-16,22H,7-11H2,1-2H3,(H2,20,25). The van der Waals surface area contributed by atoms with Crippen LogP contribution in [0.5, 0.6) is 0 Å². The zero-order chi connectivity index (χ0) is 18.6. The van der Waals surface area contributed by atoms with Gasteiger partial charge in [0.25, 0.3) is 0 Å². The average molecular weight is 362 g/mol. The predicted molar refractivity (Wildman–Crippen MR) is 101 cm³/mol. The largest absolute Gasteiger partial charge is 0.393 e. The van der Waals surface area contributed by atoms with Crippen molar-refractivity contribution in [3.8, 4) is 0 Å². The van der Waals surface area contributed by atoms with Crippen LogP contribution in [0.15, 0.2) is 24.3 Å². The molecule has 1 saturated heterocycles. The van der Waals surface area contributed by atoms with E-state index in [4.69, 9.17) is 18.0 Å². The molecule has 1 fully saturated rings. The van der Waals surface area contributed by atoms with Gasteiger partial charge < -0.3 is 15.7 Å². The normalized spacial score (nSPS) is 20.6. The molecule has 0 saturated carbocycles. The molecule has 0 aromatic heterocycles. The number of hydrogen-bond donors (Lipinski definition) is 2. The second-order valence-electron chi connectivity index (χ2n) is 6.94. The van der Waals surface area contributed by atoms with Crippen LogP contribution < -0.4 is 5.73 Å². The summed E-state index contributed by atoms with van der Waals surface area (Å²) in [4.78, 5) is 27.0. The van der Waals surface area contributed by atoms with Crippen LogP contribution in [0.4, 0.5) is 0 Å². The molecule has 0 aliphatic carbocycles. The van der Waals surface area contributed by atoms with Gasteiger partial charge in [0.15, 0.2) is 5.78 Å². The van der Waals surface area contributed by atoms with E-state index in [1.165, 1.54) is 0 Å². The lowest BCUT2D eigenvalue weighted by Gasteiger charge is -2.40. The second-order valence-corrected chi connectivity index (χ2v) is 7.38. The molecule has 2 atom stereocenters. The fourth-order valence-electron chi connectivity index (χ4n) is 3.25. The van der Waals surface area contributed by atoms with Gasteiger partial charge in [0.05, 0.1) is 6.10 Å². The molecule has 0 radical (unpaired) electrons. The first-order valence-corrected chi connectivity index (χ1v) is 9.11. The lowest BCUT2D eigenvalue weighted by molar-refractivity contribution is -0.137. The summed E-state index contributed by atoms with van der Waals surface area (Å²) in [5.41, 5.74) is 6.82. The minimum absolute atomic E-state index is 0.0151. The number of aliphatic hydroxyl groups is 1. The molecular formula is C19H26N2O3S. The van der Waals surface area contributed by atoms with Gasteiger partial charge in [0, 0.05) is 36.6 Å². The van der Waals surface area contributed by atoms with Crippen LogP contribution in [-0.4, -0.2) is 45.4 Å². The monoisotopic (exact) mass is 362 g/mol. The highest BCUT2D eigenvalue weighted by atomic mass is 32.1. The van der Waals surface area contributed by atoms with E-state index in [1.54, 1.807) is 24.3 Å². The van der Waals surface area contributed by atoms with Gasteiger partial charge in [-0.1, -0.05) is 50.3 Å². The molecule has 5 nitrogen and oxygen atoms in total. The van der Waals surface area contributed by atoms with Crippen molar-refractivity contribution in [2.75, 3.05) is 6.54 Å². The summed E-state index contributed by atoms with van der Waals surface area (Å²) in [5, 5.41) is 9.85. The fourth-order valence-corrected chi connectivity index (χ4v) is 3.38. The number of ketones is 1. The molecule has 3 N–H and O–H groups in total. The van der Waals surface area contributed by atoms with E-state index in [9.17, 15) is 14.7 Å². The average Bonchev–Trinajstić information content (AvgIpc) is 2.59. The molecule has 1 aliphatic heterocycles. The Morgan fingerprint density at radius 1 is 1.24 bits per heavy atom. The SMILES string of the molecule is CC(C)C1CC(O)CCN1C(=O)CCC(=O)c1ccc(C(N)=S)cc1. The lowest BCUT2D eigenvalue weighted by atomic mass is 9.90. The highest BCUT2D eigenvalue weighted by Gasteiger charge is 2.32. The Balaban J connectivity index is 1.94. The Labute approximate surface area is 154 Å². The summed E-state index contributed by atoms with van der Waals surface area (Å²) in [6, 6.07) is 6.86. The van der Waals surface area contributed by atoms with Gasteiger partial charge in [0.2, 0.25) is 5.91 Å². The van der Waals surface area contributed by atoms with E-state index < -0.39 is 0 Å². The number of amides is 1. The van der Waals surface area contributed by atoms with Crippen molar-refractivity contribution in [3.05, 3.63) is 35.4 Å². The van der Waals surface area contributed by atoms with E-state index in [0.29, 0.717) is 35.5 Å². The summed E-state index contributed by atoms with van der Waals surface area (Å²) >= 11 is 4.89. The maximum absolute atomic E-state index is 12.6. The Morgan fingerprint density at radius 3 is 2.40 bits per heavy atom. The van der Waals surface area contributed by atoms with Gasteiger partial charge in [0.1, 0.15) is 4.99 Å². The summed E-state index contributed by atoms with van der Waals surface area (Å²) in [5.74, 6) is 0.196. The minimum Gasteiger partial charge on any atom is -0.393 e. The van der Waals surface area contributed by atoms with Crippen LogP contribution in [0, 0.1) is 5.92 Å². The number of likely N-dealkylation sites (tertiary alicyclic amines) is 1. The number of Topliss-reactive ketones (excluding diaryl/α,β-unsaturated/α-hetero) is 1. The zero-order valence-electron chi connectivity index (χ0n) is 14.8. The number of carbonyl (C=O) groups is 2. The molecule has 2 unspecified atom stereocenters. The Kier molecular flexibility index (Phi) is 6.67. The van der Waals surface area contributed by atoms with Crippen LogP contribution in [0.2, 0.25) is 0 Å². The van der Waals surface area contributed by atoms with Gasteiger partial charge in [-0.05, 0) is 18.8 Å². The first-order chi connectivity index (χ1) is 11.8. The predicted octanol–water partition coefficient (Wildman–Crippen LogP) is 2.29. The molecule has 1 amide bonds. The summed E-state index contributed by atoms with van der Waals surface area (Å²) < 4.78 is 0. The van der Waals surface area contributed by atoms with Crippen molar-refractivity contribution in [2.45, 2.75) is 51.7 Å². The van der Waals surface area contributed by atoms with Crippen LogP contribution >= 0.6 is 12.2 Å². The van der Waals surface area contributed by atoms with Crippen molar-refractivity contribution in [2.24, 2.45) is 11.7 Å². The molecular weight excluding hydrogens is 336 g/mol. The number of benzene rings is 1. The number of nitrogens with zero attached hydrogens (tertiary/aromatic N) is 1. The Morgan fingerprint density at radius 2 is 1.84 bits per heavy atom. The van der Waals surface area contributed by atoms with E-state index in [-0.39, 0.29) is 42.6 Å². The Hall–Kier alpha value is -1.79. The summed E-state index contributed by atoms with van der Waals surface area (Å²) in [6.07, 6.45) is 1.23. The van der Waals surface area contributed by atoms with Gasteiger partial charge >= 0.3 is 0 Å². The number of carbonyl (C=O) groups excluding carboxylic acids is 2. The van der Waals surface area contributed by atoms with Gasteiger partial charge in [-0.3, -0.25) is 9.59 Å². The van der Waals surface area contributed by atoms with Crippen molar-refractivity contribution in [3.63, 3.8) is 0 Å². The number of hydrogen-bond acceptors (Lipinski definition) is 4. The lowest BCUT2D eigenvalue weighted by Crippen LogP contribution is -2.50. The molecule has 1 aromatic carbocycles. The number of rotatable bonds is 6. The summed E-state index contributed by atoms with van der Waals surface area (Å²) in [7, 11) is 0. The topological polar surface area (TPSA) is 83.6 Å². The van der Waals surface area contributed by atoms with E-state index in [0.717, 1.165) is 0 Å². The smallest absolute Gasteiger partial charge is 0.223 e. The maximum atomic E-state index is 12.6. The number of piperidine rings is 1. The van der Waals surface area contributed by atoms with Crippen LogP contribution in [0.25, 0.3) is 0 Å². The molecule has 1 aliphatic rings. The van der Waals surface area contributed by atoms with Gasteiger partial charge in [-0.15, -0.1) is 0 Å². The highest BCUT2D eigenvalue weighted by Crippen LogP contribution is 2.24. The molecule has 2 rings (SSSR count). The van der Waals surface area contributed by atoms with Crippen molar-refractivity contribution in [1.29, 1.82) is 0 Å². The van der Waals surface area contributed by atoms with Crippen LogP contribution in [0.3, 0.4) is 0 Å². The second kappa shape index (κ2) is 8.54.